The zero-order valence-corrected chi connectivity index (χ0v) is 21.5. The molecule has 1 unspecified atom stereocenters. The summed E-state index contributed by atoms with van der Waals surface area (Å²) in [5, 5.41) is 5.20. The van der Waals surface area contributed by atoms with Gasteiger partial charge in [0.2, 0.25) is 0 Å². The second-order valence-corrected chi connectivity index (χ2v) is 10.8. The van der Waals surface area contributed by atoms with Gasteiger partial charge in [-0.05, 0) is 78.9 Å². The minimum atomic E-state index is 0.371. The van der Waals surface area contributed by atoms with Crippen molar-refractivity contribution < 1.29 is 9.26 Å². The molecular weight excluding hydrogens is 492 g/mol. The zero-order chi connectivity index (χ0) is 23.2. The maximum atomic E-state index is 5.68. The summed E-state index contributed by atoms with van der Waals surface area (Å²) >= 11 is 3.71. The number of ether oxygens (including phenoxy) is 1. The van der Waals surface area contributed by atoms with Gasteiger partial charge in [0.25, 0.3) is 0 Å². The van der Waals surface area contributed by atoms with E-state index in [2.05, 4.69) is 67.8 Å². The molecule has 6 rings (SSSR count). The van der Waals surface area contributed by atoms with Crippen molar-refractivity contribution in [3.8, 4) is 11.4 Å². The summed E-state index contributed by atoms with van der Waals surface area (Å²) in [6, 6.07) is 11.4. The first kappa shape index (κ1) is 22.1. The van der Waals surface area contributed by atoms with Crippen molar-refractivity contribution >= 4 is 43.6 Å². The van der Waals surface area contributed by atoms with Crippen LogP contribution >= 0.6 is 15.9 Å². The summed E-state index contributed by atoms with van der Waals surface area (Å²) in [4.78, 5) is 7.63. The van der Waals surface area contributed by atoms with Crippen LogP contribution in [0.1, 0.15) is 44.7 Å². The van der Waals surface area contributed by atoms with Crippen LogP contribution in [0.2, 0.25) is 0 Å². The van der Waals surface area contributed by atoms with Crippen molar-refractivity contribution in [2.75, 3.05) is 24.7 Å². The SMILES string of the molecule is Cc1noc2c(Br)cc(-c3nc4ccc(N5CCOCC5C)cc4n3CC3CCCCC3)cc12. The molecule has 2 aliphatic rings. The van der Waals surface area contributed by atoms with E-state index in [0.29, 0.717) is 12.0 Å². The maximum Gasteiger partial charge on any atom is 0.181 e. The summed E-state index contributed by atoms with van der Waals surface area (Å²) in [5.74, 6) is 1.72. The minimum Gasteiger partial charge on any atom is -0.377 e. The van der Waals surface area contributed by atoms with E-state index < -0.39 is 0 Å². The first-order valence-electron chi connectivity index (χ1n) is 12.5. The number of benzene rings is 2. The maximum absolute atomic E-state index is 5.68. The topological polar surface area (TPSA) is 56.3 Å². The molecule has 4 aromatic rings. The number of fused-ring (bicyclic) bond motifs is 2. The Kier molecular flexibility index (Phi) is 5.86. The zero-order valence-electron chi connectivity index (χ0n) is 19.9. The van der Waals surface area contributed by atoms with Gasteiger partial charge in [0.15, 0.2) is 5.58 Å². The van der Waals surface area contributed by atoms with Crippen molar-refractivity contribution in [3.05, 3.63) is 40.5 Å². The molecule has 0 spiro atoms. The highest BCUT2D eigenvalue weighted by molar-refractivity contribution is 9.10. The Bertz CT molecular complexity index is 1340. The van der Waals surface area contributed by atoms with Crippen molar-refractivity contribution in [2.24, 2.45) is 5.92 Å². The van der Waals surface area contributed by atoms with Crippen LogP contribution in [0, 0.1) is 12.8 Å². The number of hydrogen-bond acceptors (Lipinski definition) is 5. The summed E-state index contributed by atoms with van der Waals surface area (Å²) < 4.78 is 14.6. The molecule has 1 saturated carbocycles. The van der Waals surface area contributed by atoms with Gasteiger partial charge in [-0.2, -0.15) is 0 Å². The summed E-state index contributed by atoms with van der Waals surface area (Å²) in [5.41, 5.74) is 6.31. The van der Waals surface area contributed by atoms with E-state index >= 15 is 0 Å². The predicted molar refractivity (Wildman–Crippen MR) is 139 cm³/mol. The molecule has 2 aromatic carbocycles. The van der Waals surface area contributed by atoms with Gasteiger partial charge in [0.1, 0.15) is 5.82 Å². The van der Waals surface area contributed by atoms with Gasteiger partial charge in [-0.1, -0.05) is 24.4 Å². The van der Waals surface area contributed by atoms with Gasteiger partial charge in [0, 0.05) is 35.8 Å². The molecular formula is C27H31BrN4O2. The van der Waals surface area contributed by atoms with Gasteiger partial charge < -0.3 is 18.7 Å². The average Bonchev–Trinajstić information content (AvgIpc) is 3.41. The fraction of sp³-hybridized carbons (Fsp3) is 0.481. The van der Waals surface area contributed by atoms with Gasteiger partial charge in [-0.3, -0.25) is 0 Å². The van der Waals surface area contributed by atoms with E-state index in [1.54, 1.807) is 0 Å². The first-order valence-corrected chi connectivity index (χ1v) is 13.3. The third-order valence-corrected chi connectivity index (χ3v) is 8.15. The highest BCUT2D eigenvalue weighted by atomic mass is 79.9. The molecule has 0 radical (unpaired) electrons. The number of hydrogen-bond donors (Lipinski definition) is 0. The molecule has 1 aliphatic carbocycles. The number of nitrogens with zero attached hydrogens (tertiary/aromatic N) is 4. The number of imidazole rings is 1. The Balaban J connectivity index is 1.50. The number of morpholine rings is 1. The fourth-order valence-corrected chi connectivity index (χ4v) is 6.21. The molecule has 1 saturated heterocycles. The van der Waals surface area contributed by atoms with E-state index in [9.17, 15) is 0 Å². The standard InChI is InChI=1S/C27H31BrN4O2/c1-17-16-33-11-10-31(17)21-8-9-24-25(14-21)32(15-19-6-4-3-5-7-19)27(29-24)20-12-22-18(2)30-34-26(22)23(28)13-20/h8-9,12-14,17,19H,3-7,10-11,15-16H2,1-2H3. The summed E-state index contributed by atoms with van der Waals surface area (Å²) in [6.07, 6.45) is 6.63. The molecule has 0 N–H and O–H groups in total. The van der Waals surface area contributed by atoms with Crippen LogP contribution in [0.15, 0.2) is 39.3 Å². The van der Waals surface area contributed by atoms with E-state index in [-0.39, 0.29) is 0 Å². The van der Waals surface area contributed by atoms with Crippen molar-refractivity contribution in [1.29, 1.82) is 0 Å². The first-order chi connectivity index (χ1) is 16.6. The molecule has 2 fully saturated rings. The van der Waals surface area contributed by atoms with Crippen molar-refractivity contribution in [1.82, 2.24) is 14.7 Å². The van der Waals surface area contributed by atoms with Gasteiger partial charge in [-0.25, -0.2) is 4.98 Å². The molecule has 1 atom stereocenters. The predicted octanol–water partition coefficient (Wildman–Crippen LogP) is 6.72. The largest absolute Gasteiger partial charge is 0.377 e. The smallest absolute Gasteiger partial charge is 0.181 e. The Morgan fingerprint density at radius 1 is 1.12 bits per heavy atom. The number of aromatic nitrogens is 3. The third-order valence-electron chi connectivity index (χ3n) is 7.56. The van der Waals surface area contributed by atoms with Gasteiger partial charge >= 0.3 is 0 Å². The number of aryl methyl sites for hydroxylation is 1. The van der Waals surface area contributed by atoms with Crippen LogP contribution in [0.4, 0.5) is 5.69 Å². The molecule has 0 amide bonds. The van der Waals surface area contributed by atoms with Crippen LogP contribution in [0.3, 0.4) is 0 Å². The second-order valence-electron chi connectivity index (χ2n) is 9.94. The lowest BCUT2D eigenvalue weighted by molar-refractivity contribution is 0.0989. The quantitative estimate of drug-likeness (QED) is 0.297. The summed E-state index contributed by atoms with van der Waals surface area (Å²) in [7, 11) is 0. The summed E-state index contributed by atoms with van der Waals surface area (Å²) in [6.45, 7) is 7.71. The highest BCUT2D eigenvalue weighted by Gasteiger charge is 2.23. The average molecular weight is 523 g/mol. The lowest BCUT2D eigenvalue weighted by Crippen LogP contribution is -2.43. The highest BCUT2D eigenvalue weighted by Crippen LogP contribution is 2.36. The van der Waals surface area contributed by atoms with Crippen LogP contribution < -0.4 is 4.90 Å². The molecule has 34 heavy (non-hydrogen) atoms. The molecule has 3 heterocycles. The van der Waals surface area contributed by atoms with Gasteiger partial charge in [-0.15, -0.1) is 0 Å². The second kappa shape index (κ2) is 9.00. The van der Waals surface area contributed by atoms with E-state index in [0.717, 1.165) is 64.3 Å². The molecule has 1 aliphatic heterocycles. The molecule has 0 bridgehead atoms. The fourth-order valence-electron chi connectivity index (χ4n) is 5.68. The lowest BCUT2D eigenvalue weighted by Gasteiger charge is -2.35. The van der Waals surface area contributed by atoms with Crippen LogP contribution in [-0.2, 0) is 11.3 Å². The van der Waals surface area contributed by atoms with E-state index in [1.165, 1.54) is 43.3 Å². The van der Waals surface area contributed by atoms with E-state index in [4.69, 9.17) is 14.2 Å². The van der Waals surface area contributed by atoms with Gasteiger partial charge in [0.05, 0.1) is 34.4 Å². The molecule has 7 heteroatoms. The monoisotopic (exact) mass is 522 g/mol. The molecule has 6 nitrogen and oxygen atoms in total. The Morgan fingerprint density at radius 3 is 2.79 bits per heavy atom. The van der Waals surface area contributed by atoms with Crippen molar-refractivity contribution in [2.45, 2.75) is 58.5 Å². The van der Waals surface area contributed by atoms with Crippen LogP contribution in [0.5, 0.6) is 0 Å². The van der Waals surface area contributed by atoms with Crippen LogP contribution in [-0.4, -0.2) is 40.5 Å². The Morgan fingerprint density at radius 2 is 1.97 bits per heavy atom. The number of rotatable bonds is 4. The Hall–Kier alpha value is -2.38. The third kappa shape index (κ3) is 3.93. The van der Waals surface area contributed by atoms with E-state index in [1.807, 2.05) is 6.92 Å². The number of halogens is 1. The number of anilines is 1. The lowest BCUT2D eigenvalue weighted by atomic mass is 9.89. The van der Waals surface area contributed by atoms with Crippen LogP contribution in [0.25, 0.3) is 33.4 Å². The minimum absolute atomic E-state index is 0.371. The van der Waals surface area contributed by atoms with Crippen molar-refractivity contribution in [3.63, 3.8) is 0 Å². The Labute approximate surface area is 208 Å². The normalized spacial score (nSPS) is 20.0. The molecule has 178 valence electrons. The molecule has 2 aromatic heterocycles.